The van der Waals surface area contributed by atoms with E-state index < -0.39 is 0 Å². The molecular weight excluding hydrogens is 372 g/mol. The highest BCUT2D eigenvalue weighted by Crippen LogP contribution is 2.34. The second kappa shape index (κ2) is 8.05. The van der Waals surface area contributed by atoms with Crippen LogP contribution in [0.4, 0.5) is 17.3 Å². The Morgan fingerprint density at radius 2 is 1.69 bits per heavy atom. The Kier molecular flexibility index (Phi) is 5.15. The lowest BCUT2D eigenvalue weighted by Crippen LogP contribution is -2.13. The Morgan fingerprint density at radius 3 is 2.41 bits per heavy atom. The van der Waals surface area contributed by atoms with Crippen LogP contribution in [0.25, 0.3) is 0 Å². The summed E-state index contributed by atoms with van der Waals surface area (Å²) in [4.78, 5) is 20.8. The van der Waals surface area contributed by atoms with E-state index in [4.69, 9.17) is 14.2 Å². The van der Waals surface area contributed by atoms with E-state index in [1.54, 1.807) is 18.2 Å². The van der Waals surface area contributed by atoms with Gasteiger partial charge in [0.2, 0.25) is 12.7 Å². The number of nitrogens with zero attached hydrogens (tertiary/aromatic N) is 2. The molecule has 1 aromatic heterocycles. The number of carbonyl (C=O) groups excluding carboxylic acids is 1. The third-order valence-corrected chi connectivity index (χ3v) is 4.03. The van der Waals surface area contributed by atoms with E-state index >= 15 is 0 Å². The molecule has 0 saturated heterocycles. The quantitative estimate of drug-likeness (QED) is 0.655. The molecule has 0 fully saturated rings. The Labute approximate surface area is 167 Å². The molecule has 0 spiro atoms. The first-order valence-electron chi connectivity index (χ1n) is 9.13. The van der Waals surface area contributed by atoms with Crippen molar-refractivity contribution in [2.24, 2.45) is 0 Å². The summed E-state index contributed by atoms with van der Waals surface area (Å²) in [5.74, 6) is 2.19. The molecule has 4 rings (SSSR count). The van der Waals surface area contributed by atoms with Crippen molar-refractivity contribution in [1.82, 2.24) is 9.97 Å². The minimum atomic E-state index is -0.294. The van der Waals surface area contributed by atoms with E-state index in [2.05, 4.69) is 20.6 Å². The molecule has 1 aliphatic rings. The van der Waals surface area contributed by atoms with Crippen molar-refractivity contribution >= 4 is 23.2 Å². The predicted molar refractivity (Wildman–Crippen MR) is 108 cm³/mol. The largest absolute Gasteiger partial charge is 0.491 e. The number of carbonyl (C=O) groups is 1. The number of fused-ring (bicyclic) bond motifs is 1. The van der Waals surface area contributed by atoms with E-state index in [0.29, 0.717) is 28.7 Å². The van der Waals surface area contributed by atoms with Crippen molar-refractivity contribution in [2.45, 2.75) is 20.0 Å². The van der Waals surface area contributed by atoms with Gasteiger partial charge in [0.05, 0.1) is 11.7 Å². The molecule has 1 amide bonds. The number of rotatable bonds is 6. The van der Waals surface area contributed by atoms with E-state index in [0.717, 1.165) is 11.4 Å². The van der Waals surface area contributed by atoms with Gasteiger partial charge in [0, 0.05) is 29.8 Å². The van der Waals surface area contributed by atoms with Gasteiger partial charge < -0.3 is 24.8 Å². The SMILES string of the molecule is CC(C)Oc1ccc(NC(=O)c2cnc(Nc3ccc4c(c3)OCO4)nc2)cc1. The van der Waals surface area contributed by atoms with E-state index in [1.165, 1.54) is 12.4 Å². The molecule has 29 heavy (non-hydrogen) atoms. The average molecular weight is 392 g/mol. The number of anilines is 3. The summed E-state index contributed by atoms with van der Waals surface area (Å²) in [6, 6.07) is 12.6. The van der Waals surface area contributed by atoms with Crippen molar-refractivity contribution in [1.29, 1.82) is 0 Å². The number of ether oxygens (including phenoxy) is 3. The Bertz CT molecular complexity index is 1000. The first-order valence-corrected chi connectivity index (χ1v) is 9.13. The van der Waals surface area contributed by atoms with Crippen molar-refractivity contribution in [3.05, 3.63) is 60.4 Å². The fourth-order valence-corrected chi connectivity index (χ4v) is 2.71. The van der Waals surface area contributed by atoms with Crippen molar-refractivity contribution in [3.63, 3.8) is 0 Å². The van der Waals surface area contributed by atoms with Gasteiger partial charge in [-0.2, -0.15) is 0 Å². The third kappa shape index (κ3) is 4.55. The number of nitrogens with one attached hydrogen (secondary N) is 2. The maximum absolute atomic E-state index is 12.4. The first kappa shape index (κ1) is 18.5. The molecule has 0 unspecified atom stereocenters. The van der Waals surface area contributed by atoms with Gasteiger partial charge in [0.15, 0.2) is 11.5 Å². The number of amides is 1. The first-order chi connectivity index (χ1) is 14.1. The number of hydrogen-bond donors (Lipinski definition) is 2. The van der Waals surface area contributed by atoms with Gasteiger partial charge in [0.25, 0.3) is 5.91 Å². The lowest BCUT2D eigenvalue weighted by Gasteiger charge is -2.10. The van der Waals surface area contributed by atoms with Crippen LogP contribution < -0.4 is 24.8 Å². The number of benzene rings is 2. The molecule has 2 N–H and O–H groups in total. The minimum Gasteiger partial charge on any atom is -0.491 e. The standard InChI is InChI=1S/C21H20N4O4/c1-13(2)29-17-6-3-15(4-7-17)24-20(26)14-10-22-21(23-11-14)25-16-5-8-18-19(9-16)28-12-27-18/h3-11,13H,12H2,1-2H3,(H,24,26)(H,22,23,25). The highest BCUT2D eigenvalue weighted by atomic mass is 16.7. The fourth-order valence-electron chi connectivity index (χ4n) is 2.71. The third-order valence-electron chi connectivity index (χ3n) is 4.03. The molecule has 8 nitrogen and oxygen atoms in total. The summed E-state index contributed by atoms with van der Waals surface area (Å²) >= 11 is 0. The van der Waals surface area contributed by atoms with Crippen molar-refractivity contribution in [2.75, 3.05) is 17.4 Å². The second-order valence-corrected chi connectivity index (χ2v) is 6.63. The molecular formula is C21H20N4O4. The van der Waals surface area contributed by atoms with Crippen LogP contribution in [0.3, 0.4) is 0 Å². The number of aromatic nitrogens is 2. The maximum Gasteiger partial charge on any atom is 0.258 e. The lowest BCUT2D eigenvalue weighted by molar-refractivity contribution is 0.102. The summed E-state index contributed by atoms with van der Waals surface area (Å²) < 4.78 is 16.2. The van der Waals surface area contributed by atoms with Gasteiger partial charge >= 0.3 is 0 Å². The van der Waals surface area contributed by atoms with E-state index in [9.17, 15) is 4.79 Å². The summed E-state index contributed by atoms with van der Waals surface area (Å²) in [6.07, 6.45) is 3.03. The zero-order chi connectivity index (χ0) is 20.2. The van der Waals surface area contributed by atoms with Gasteiger partial charge in [-0.15, -0.1) is 0 Å². The maximum atomic E-state index is 12.4. The van der Waals surface area contributed by atoms with E-state index in [-0.39, 0.29) is 18.8 Å². The molecule has 8 heteroatoms. The van der Waals surface area contributed by atoms with Crippen LogP contribution in [0, 0.1) is 0 Å². The average Bonchev–Trinajstić information content (AvgIpc) is 3.17. The highest BCUT2D eigenvalue weighted by molar-refractivity contribution is 6.03. The smallest absolute Gasteiger partial charge is 0.258 e. The van der Waals surface area contributed by atoms with Crippen LogP contribution in [-0.2, 0) is 0 Å². The van der Waals surface area contributed by atoms with E-state index in [1.807, 2.05) is 38.1 Å². The topological polar surface area (TPSA) is 94.6 Å². The molecule has 148 valence electrons. The summed E-state index contributed by atoms with van der Waals surface area (Å²) in [5, 5.41) is 5.88. The van der Waals surface area contributed by atoms with Gasteiger partial charge in [-0.25, -0.2) is 9.97 Å². The number of hydrogen-bond acceptors (Lipinski definition) is 7. The molecule has 0 aliphatic carbocycles. The van der Waals surface area contributed by atoms with Crippen LogP contribution in [0.1, 0.15) is 24.2 Å². The van der Waals surface area contributed by atoms with Crippen molar-refractivity contribution in [3.8, 4) is 17.2 Å². The van der Waals surface area contributed by atoms with Gasteiger partial charge in [-0.3, -0.25) is 4.79 Å². The van der Waals surface area contributed by atoms with Gasteiger partial charge in [-0.1, -0.05) is 0 Å². The molecule has 0 bridgehead atoms. The van der Waals surface area contributed by atoms with Gasteiger partial charge in [0.1, 0.15) is 5.75 Å². The molecule has 3 aromatic rings. The molecule has 2 aromatic carbocycles. The van der Waals surface area contributed by atoms with Crippen LogP contribution in [0.15, 0.2) is 54.9 Å². The second-order valence-electron chi connectivity index (χ2n) is 6.63. The monoisotopic (exact) mass is 392 g/mol. The molecule has 2 heterocycles. The summed E-state index contributed by atoms with van der Waals surface area (Å²) in [7, 11) is 0. The zero-order valence-electron chi connectivity index (χ0n) is 16.0. The fraction of sp³-hybridized carbons (Fsp3) is 0.190. The highest BCUT2D eigenvalue weighted by Gasteiger charge is 2.14. The van der Waals surface area contributed by atoms with Crippen molar-refractivity contribution < 1.29 is 19.0 Å². The van der Waals surface area contributed by atoms with Crippen LogP contribution in [-0.4, -0.2) is 28.8 Å². The minimum absolute atomic E-state index is 0.0948. The van der Waals surface area contributed by atoms with Gasteiger partial charge in [-0.05, 0) is 50.2 Å². The zero-order valence-corrected chi connectivity index (χ0v) is 16.0. The normalized spacial score (nSPS) is 12.0. The van der Waals surface area contributed by atoms with Crippen LogP contribution >= 0.6 is 0 Å². The predicted octanol–water partition coefficient (Wildman–Crippen LogP) is 3.99. The summed E-state index contributed by atoms with van der Waals surface area (Å²) in [6.45, 7) is 4.13. The molecule has 0 atom stereocenters. The van der Waals surface area contributed by atoms with Crippen LogP contribution in [0.5, 0.6) is 17.2 Å². The molecule has 0 radical (unpaired) electrons. The Hall–Kier alpha value is -3.81. The summed E-state index contributed by atoms with van der Waals surface area (Å²) in [5.41, 5.74) is 1.77. The Morgan fingerprint density at radius 1 is 1.00 bits per heavy atom. The lowest BCUT2D eigenvalue weighted by atomic mass is 10.2. The molecule has 1 aliphatic heterocycles. The Balaban J connectivity index is 1.37. The molecule has 0 saturated carbocycles. The van der Waals surface area contributed by atoms with Crippen LogP contribution in [0.2, 0.25) is 0 Å².